The second kappa shape index (κ2) is 9.75. The van der Waals surface area contributed by atoms with Gasteiger partial charge < -0.3 is 10.4 Å². The van der Waals surface area contributed by atoms with Gasteiger partial charge in [-0.15, -0.1) is 6.58 Å². The van der Waals surface area contributed by atoms with Crippen LogP contribution in [0.5, 0.6) is 0 Å². The van der Waals surface area contributed by atoms with E-state index in [-0.39, 0.29) is 11.8 Å². The lowest BCUT2D eigenvalue weighted by Gasteiger charge is -2.20. The molecule has 0 aromatic carbocycles. The van der Waals surface area contributed by atoms with Crippen molar-refractivity contribution in [3.8, 4) is 0 Å². The molecule has 6 heteroatoms. The maximum Gasteiger partial charge on any atom is 0.241 e. The van der Waals surface area contributed by atoms with E-state index in [1.54, 1.807) is 13.0 Å². The summed E-state index contributed by atoms with van der Waals surface area (Å²) in [5.74, 6) is 0.00685. The van der Waals surface area contributed by atoms with Crippen LogP contribution in [-0.4, -0.2) is 28.8 Å². The third-order valence-electron chi connectivity index (χ3n) is 2.46. The Balaban J connectivity index is 4.23. The van der Waals surface area contributed by atoms with Crippen molar-refractivity contribution in [3.05, 3.63) is 12.7 Å². The molecule has 0 aliphatic rings. The normalized spacial score (nSPS) is 13.5. The van der Waals surface area contributed by atoms with E-state index in [0.29, 0.717) is 24.0 Å². The van der Waals surface area contributed by atoms with Gasteiger partial charge >= 0.3 is 0 Å². The van der Waals surface area contributed by atoms with Gasteiger partial charge in [0, 0.05) is 12.5 Å². The number of nitrogens with one attached hydrogen (secondary N) is 3. The highest BCUT2D eigenvalue weighted by Gasteiger charge is 2.21. The highest BCUT2D eigenvalue weighted by Crippen LogP contribution is 2.17. The third-order valence-corrected chi connectivity index (χ3v) is 2.70. The lowest BCUT2D eigenvalue weighted by molar-refractivity contribution is -0.127. The van der Waals surface area contributed by atoms with Crippen molar-refractivity contribution in [2.45, 2.75) is 39.7 Å². The van der Waals surface area contributed by atoms with Gasteiger partial charge in [-0.2, -0.15) is 0 Å². The second-order valence-electron chi connectivity index (χ2n) is 5.02. The van der Waals surface area contributed by atoms with Crippen molar-refractivity contribution in [1.82, 2.24) is 16.2 Å². The van der Waals surface area contributed by atoms with Gasteiger partial charge in [0.05, 0.1) is 6.10 Å². The van der Waals surface area contributed by atoms with E-state index in [0.717, 1.165) is 6.42 Å². The van der Waals surface area contributed by atoms with Gasteiger partial charge in [-0.25, -0.2) is 0 Å². The monoisotopic (exact) mass is 287 g/mol. The summed E-state index contributed by atoms with van der Waals surface area (Å²) in [6.45, 7) is 9.87. The van der Waals surface area contributed by atoms with Crippen LogP contribution in [0.1, 0.15) is 33.6 Å². The van der Waals surface area contributed by atoms with Crippen molar-refractivity contribution in [3.63, 3.8) is 0 Å². The molecule has 0 aliphatic heterocycles. The van der Waals surface area contributed by atoms with Crippen molar-refractivity contribution >= 4 is 23.2 Å². The van der Waals surface area contributed by atoms with Crippen LogP contribution in [0, 0.1) is 11.8 Å². The zero-order valence-electron chi connectivity index (χ0n) is 11.9. The third kappa shape index (κ3) is 9.44. The molecule has 5 nitrogen and oxygen atoms in total. The van der Waals surface area contributed by atoms with Gasteiger partial charge in [-0.1, -0.05) is 19.9 Å². The lowest BCUT2D eigenvalue weighted by Crippen LogP contribution is -2.49. The fraction of sp³-hybridized carbons (Fsp3) is 0.692. The summed E-state index contributed by atoms with van der Waals surface area (Å²) in [5.41, 5.74) is 5.20. The molecular formula is C13H25N3O2S. The minimum atomic E-state index is -0.500. The molecule has 0 aromatic heterocycles. The first-order chi connectivity index (χ1) is 8.86. The number of hydrazine groups is 1. The minimum absolute atomic E-state index is 0.155. The van der Waals surface area contributed by atoms with Gasteiger partial charge in [0.15, 0.2) is 5.11 Å². The summed E-state index contributed by atoms with van der Waals surface area (Å²) in [5, 5.41) is 12.6. The number of aliphatic hydroxyl groups excluding tert-OH is 1. The van der Waals surface area contributed by atoms with Crippen LogP contribution >= 0.6 is 12.2 Å². The van der Waals surface area contributed by atoms with Crippen molar-refractivity contribution in [2.24, 2.45) is 11.8 Å². The molecule has 0 aromatic rings. The molecule has 0 heterocycles. The van der Waals surface area contributed by atoms with Gasteiger partial charge in [0.25, 0.3) is 0 Å². The summed E-state index contributed by atoms with van der Waals surface area (Å²) in [7, 11) is 0. The van der Waals surface area contributed by atoms with Crippen LogP contribution in [0.3, 0.4) is 0 Å². The Bertz CT molecular complexity index is 296. The first-order valence-electron chi connectivity index (χ1n) is 6.49. The maximum atomic E-state index is 12.0. The van der Waals surface area contributed by atoms with Gasteiger partial charge in [0.2, 0.25) is 5.91 Å². The van der Waals surface area contributed by atoms with E-state index in [1.807, 2.05) is 13.8 Å². The summed E-state index contributed by atoms with van der Waals surface area (Å²) in [4.78, 5) is 12.0. The SMILES string of the molecule is C=CCNC(=S)NNC(=O)[C@H](CC(C)C)C[C@@H](C)O. The average molecular weight is 287 g/mol. The Hall–Kier alpha value is -1.14. The van der Waals surface area contributed by atoms with Crippen molar-refractivity contribution < 1.29 is 9.90 Å². The maximum absolute atomic E-state index is 12.0. The van der Waals surface area contributed by atoms with E-state index in [9.17, 15) is 9.90 Å². The van der Waals surface area contributed by atoms with Crippen molar-refractivity contribution in [2.75, 3.05) is 6.54 Å². The van der Waals surface area contributed by atoms with Crippen LogP contribution in [-0.2, 0) is 4.79 Å². The van der Waals surface area contributed by atoms with Crippen LogP contribution in [0.4, 0.5) is 0 Å². The molecule has 0 bridgehead atoms. The van der Waals surface area contributed by atoms with E-state index in [4.69, 9.17) is 12.2 Å². The van der Waals surface area contributed by atoms with Gasteiger partial charge in [0.1, 0.15) is 0 Å². The fourth-order valence-corrected chi connectivity index (χ4v) is 1.85. The molecule has 0 saturated carbocycles. The Morgan fingerprint density at radius 3 is 2.42 bits per heavy atom. The summed E-state index contributed by atoms with van der Waals surface area (Å²) >= 11 is 4.97. The summed E-state index contributed by atoms with van der Waals surface area (Å²) < 4.78 is 0. The molecule has 110 valence electrons. The molecule has 2 atom stereocenters. The number of rotatable bonds is 7. The topological polar surface area (TPSA) is 73.4 Å². The van der Waals surface area contributed by atoms with E-state index < -0.39 is 6.10 Å². The zero-order valence-corrected chi connectivity index (χ0v) is 12.7. The number of thiocarbonyl (C=S) groups is 1. The standard InChI is InChI=1S/C13H25N3O2S/c1-5-6-14-13(19)16-15-12(18)11(7-9(2)3)8-10(4)17/h5,9-11,17H,1,6-8H2,2-4H3,(H,15,18)(H2,14,16,19)/t10-,11-/m1/s1. The minimum Gasteiger partial charge on any atom is -0.393 e. The molecular weight excluding hydrogens is 262 g/mol. The molecule has 0 fully saturated rings. The Morgan fingerprint density at radius 2 is 1.95 bits per heavy atom. The molecule has 1 amide bonds. The lowest BCUT2D eigenvalue weighted by atomic mass is 9.91. The number of hydrogen-bond acceptors (Lipinski definition) is 3. The molecule has 0 saturated heterocycles. The predicted molar refractivity (Wildman–Crippen MR) is 81.3 cm³/mol. The Labute approximate surface area is 120 Å². The number of carbonyl (C=O) groups is 1. The number of amides is 1. The van der Waals surface area contributed by atoms with E-state index >= 15 is 0 Å². The summed E-state index contributed by atoms with van der Waals surface area (Å²) in [6, 6.07) is 0. The van der Waals surface area contributed by atoms with Gasteiger partial charge in [-0.05, 0) is 37.9 Å². The molecule has 4 N–H and O–H groups in total. The Kier molecular flexibility index (Phi) is 9.16. The first kappa shape index (κ1) is 17.9. The number of carbonyl (C=O) groups excluding carboxylic acids is 1. The molecule has 0 spiro atoms. The van der Waals surface area contributed by atoms with E-state index in [2.05, 4.69) is 22.7 Å². The average Bonchev–Trinajstić information content (AvgIpc) is 2.31. The van der Waals surface area contributed by atoms with Crippen LogP contribution in [0.15, 0.2) is 12.7 Å². The highest BCUT2D eigenvalue weighted by atomic mass is 32.1. The zero-order chi connectivity index (χ0) is 14.8. The quantitative estimate of drug-likeness (QED) is 0.321. The van der Waals surface area contributed by atoms with Crippen LogP contribution < -0.4 is 16.2 Å². The summed E-state index contributed by atoms with van der Waals surface area (Å²) in [6.07, 6.45) is 2.34. The highest BCUT2D eigenvalue weighted by molar-refractivity contribution is 7.80. The second-order valence-corrected chi connectivity index (χ2v) is 5.43. The van der Waals surface area contributed by atoms with Gasteiger partial charge in [-0.3, -0.25) is 15.6 Å². The number of aliphatic hydroxyl groups is 1. The fourth-order valence-electron chi connectivity index (χ4n) is 1.72. The molecule has 0 unspecified atom stereocenters. The molecule has 0 aliphatic carbocycles. The molecule has 19 heavy (non-hydrogen) atoms. The smallest absolute Gasteiger partial charge is 0.241 e. The van der Waals surface area contributed by atoms with E-state index in [1.165, 1.54) is 0 Å². The predicted octanol–water partition coefficient (Wildman–Crippen LogP) is 1.10. The first-order valence-corrected chi connectivity index (χ1v) is 6.90. The number of hydrogen-bond donors (Lipinski definition) is 4. The van der Waals surface area contributed by atoms with Crippen molar-refractivity contribution in [1.29, 1.82) is 0 Å². The largest absolute Gasteiger partial charge is 0.393 e. The molecule has 0 rings (SSSR count). The van der Waals surface area contributed by atoms with Crippen LogP contribution in [0.25, 0.3) is 0 Å². The Morgan fingerprint density at radius 1 is 1.32 bits per heavy atom. The molecule has 0 radical (unpaired) electrons. The van der Waals surface area contributed by atoms with Crippen LogP contribution in [0.2, 0.25) is 0 Å².